The maximum absolute atomic E-state index is 10.3. The van der Waals surface area contributed by atoms with Crippen LogP contribution >= 0.6 is 0 Å². The number of likely N-dealkylation sites (N-methyl/N-ethyl adjacent to an activating group) is 1. The standard InChI is InChI=1S/C16H31NO2.C6H8O7/c1-6-17(7-2)8-9-18-14-10-13-11-15(12(14)3)19-16(13,4)5;7-3(8)1-6(13,5(11)12)2-4(9)10/h12-15H,6-11H2,1-5H3;13H,1-2H2,(H,7,8)(H,9,10)(H,11,12)/t12-,13-,14-,15-;/m1./s1. The molecule has 1 saturated carbocycles. The number of nitrogens with zero attached hydrogens (tertiary/aromatic N) is 1. The Kier molecular flexibility index (Phi) is 10.5. The van der Waals surface area contributed by atoms with Crippen molar-refractivity contribution in [2.45, 2.75) is 83.7 Å². The van der Waals surface area contributed by atoms with Gasteiger partial charge in [0.2, 0.25) is 0 Å². The van der Waals surface area contributed by atoms with Crippen molar-refractivity contribution in [1.82, 2.24) is 4.90 Å². The van der Waals surface area contributed by atoms with Gasteiger partial charge >= 0.3 is 17.9 Å². The van der Waals surface area contributed by atoms with Gasteiger partial charge < -0.3 is 34.8 Å². The molecule has 1 aliphatic heterocycles. The number of hydrogen-bond donors (Lipinski definition) is 4. The summed E-state index contributed by atoms with van der Waals surface area (Å²) in [6.07, 6.45) is 0.907. The summed E-state index contributed by atoms with van der Waals surface area (Å²) in [6, 6.07) is 0. The molecule has 1 saturated heterocycles. The first-order chi connectivity index (χ1) is 14.8. The molecule has 0 aromatic carbocycles. The van der Waals surface area contributed by atoms with Crippen LogP contribution in [-0.2, 0) is 23.9 Å². The zero-order valence-corrected chi connectivity index (χ0v) is 19.7. The van der Waals surface area contributed by atoms with Gasteiger partial charge in [-0.15, -0.1) is 0 Å². The van der Waals surface area contributed by atoms with Gasteiger partial charge in [-0.2, -0.15) is 0 Å². The van der Waals surface area contributed by atoms with Gasteiger partial charge in [0.25, 0.3) is 0 Å². The van der Waals surface area contributed by atoms with Crippen LogP contribution in [0, 0.1) is 11.8 Å². The fraction of sp³-hybridized carbons (Fsp3) is 0.864. The Hall–Kier alpha value is -1.75. The van der Waals surface area contributed by atoms with E-state index in [-0.39, 0.29) is 5.60 Å². The first-order valence-electron chi connectivity index (χ1n) is 11.2. The van der Waals surface area contributed by atoms with Gasteiger partial charge in [-0.3, -0.25) is 9.59 Å². The molecule has 2 fully saturated rings. The number of fused-ring (bicyclic) bond motifs is 2. The summed E-state index contributed by atoms with van der Waals surface area (Å²) in [4.78, 5) is 32.9. The van der Waals surface area contributed by atoms with Gasteiger partial charge in [-0.1, -0.05) is 20.8 Å². The van der Waals surface area contributed by atoms with E-state index in [2.05, 4.69) is 39.5 Å². The van der Waals surface area contributed by atoms with E-state index in [1.54, 1.807) is 0 Å². The fourth-order valence-electron chi connectivity index (χ4n) is 4.34. The molecule has 0 radical (unpaired) electrons. The Morgan fingerprint density at radius 2 is 1.59 bits per heavy atom. The molecular formula is C22H39NO9. The van der Waals surface area contributed by atoms with Crippen LogP contribution in [0.25, 0.3) is 0 Å². The maximum Gasteiger partial charge on any atom is 0.336 e. The van der Waals surface area contributed by atoms with Crippen LogP contribution < -0.4 is 0 Å². The van der Waals surface area contributed by atoms with Crippen molar-refractivity contribution in [2.24, 2.45) is 11.8 Å². The van der Waals surface area contributed by atoms with Crippen LogP contribution in [0.2, 0.25) is 0 Å². The number of carboxylic acid groups (broad SMARTS) is 3. The molecule has 0 unspecified atom stereocenters. The molecule has 10 heteroatoms. The smallest absolute Gasteiger partial charge is 0.336 e. The summed E-state index contributed by atoms with van der Waals surface area (Å²) < 4.78 is 12.4. The Labute approximate surface area is 189 Å². The molecule has 0 aromatic rings. The van der Waals surface area contributed by atoms with Crippen molar-refractivity contribution in [1.29, 1.82) is 0 Å². The Balaban J connectivity index is 0.000000347. The topological polar surface area (TPSA) is 154 Å². The minimum atomic E-state index is -2.74. The summed E-state index contributed by atoms with van der Waals surface area (Å²) >= 11 is 0. The molecule has 1 heterocycles. The molecule has 0 aromatic heterocycles. The second-order valence-electron chi connectivity index (χ2n) is 9.20. The molecule has 186 valence electrons. The SMILES string of the molecule is CCN(CC)CCO[C@@H]1C[C@@H]2C[C@@H](OC2(C)C)[C@@H]1C.O=C(O)CC(O)(CC(=O)O)C(=O)O. The molecule has 2 aliphatic rings. The highest BCUT2D eigenvalue weighted by Gasteiger charge is 2.50. The van der Waals surface area contributed by atoms with Crippen LogP contribution in [-0.4, -0.2) is 92.9 Å². The third-order valence-corrected chi connectivity index (χ3v) is 6.56. The van der Waals surface area contributed by atoms with Gasteiger partial charge in [0.05, 0.1) is 37.3 Å². The number of ether oxygens (including phenoxy) is 2. The highest BCUT2D eigenvalue weighted by atomic mass is 16.5. The third kappa shape index (κ3) is 7.99. The third-order valence-electron chi connectivity index (χ3n) is 6.56. The minimum absolute atomic E-state index is 0.0515. The highest BCUT2D eigenvalue weighted by Crippen LogP contribution is 2.47. The lowest BCUT2D eigenvalue weighted by molar-refractivity contribution is -0.170. The number of aliphatic carboxylic acids is 3. The van der Waals surface area contributed by atoms with E-state index in [0.717, 1.165) is 26.2 Å². The molecule has 1 aliphatic carbocycles. The van der Waals surface area contributed by atoms with Gasteiger partial charge in [-0.25, -0.2) is 4.79 Å². The predicted molar refractivity (Wildman–Crippen MR) is 115 cm³/mol. The number of hydrogen-bond acceptors (Lipinski definition) is 7. The summed E-state index contributed by atoms with van der Waals surface area (Å²) in [5, 5.41) is 33.8. The Morgan fingerprint density at radius 3 is 2.03 bits per heavy atom. The summed E-state index contributed by atoms with van der Waals surface area (Å²) in [6.45, 7) is 15.3. The average Bonchev–Trinajstić information content (AvgIpc) is 2.92. The molecule has 0 amide bonds. The molecule has 10 nitrogen and oxygen atoms in total. The van der Waals surface area contributed by atoms with Crippen LogP contribution in [0.15, 0.2) is 0 Å². The molecule has 0 spiro atoms. The summed E-state index contributed by atoms with van der Waals surface area (Å²) in [5.41, 5.74) is -2.69. The van der Waals surface area contributed by atoms with E-state index in [4.69, 9.17) is 29.9 Å². The minimum Gasteiger partial charge on any atom is -0.481 e. The second-order valence-corrected chi connectivity index (χ2v) is 9.20. The zero-order chi connectivity index (χ0) is 24.7. The molecule has 2 rings (SSSR count). The van der Waals surface area contributed by atoms with Gasteiger partial charge in [0.1, 0.15) is 0 Å². The number of carboxylic acids is 3. The quantitative estimate of drug-likeness (QED) is 0.357. The predicted octanol–water partition coefficient (Wildman–Crippen LogP) is 1.69. The van der Waals surface area contributed by atoms with Gasteiger partial charge in [-0.05, 0) is 45.7 Å². The van der Waals surface area contributed by atoms with Gasteiger partial charge in [0.15, 0.2) is 5.60 Å². The number of carbonyl (C=O) groups is 3. The van der Waals surface area contributed by atoms with Crippen molar-refractivity contribution in [3.05, 3.63) is 0 Å². The lowest BCUT2D eigenvalue weighted by Gasteiger charge is -2.34. The van der Waals surface area contributed by atoms with Gasteiger partial charge in [0, 0.05) is 12.5 Å². The maximum atomic E-state index is 10.3. The normalized spacial score (nSPS) is 26.3. The molecular weight excluding hydrogens is 422 g/mol. The molecule has 32 heavy (non-hydrogen) atoms. The van der Waals surface area contributed by atoms with Crippen molar-refractivity contribution >= 4 is 17.9 Å². The first-order valence-corrected chi connectivity index (χ1v) is 11.2. The van der Waals surface area contributed by atoms with E-state index in [9.17, 15) is 14.4 Å². The average molecular weight is 462 g/mol. The number of rotatable bonds is 11. The van der Waals surface area contributed by atoms with E-state index >= 15 is 0 Å². The molecule has 4 N–H and O–H groups in total. The molecule has 2 bridgehead atoms. The Bertz CT molecular complexity index is 631. The van der Waals surface area contributed by atoms with Crippen LogP contribution in [0.4, 0.5) is 0 Å². The van der Waals surface area contributed by atoms with Crippen molar-refractivity contribution in [2.75, 3.05) is 26.2 Å². The van der Waals surface area contributed by atoms with Crippen LogP contribution in [0.3, 0.4) is 0 Å². The van der Waals surface area contributed by atoms with E-state index in [1.807, 2.05) is 0 Å². The lowest BCUT2D eigenvalue weighted by atomic mass is 9.76. The van der Waals surface area contributed by atoms with E-state index < -0.39 is 36.4 Å². The summed E-state index contributed by atoms with van der Waals surface area (Å²) in [5.74, 6) is -3.81. The number of aliphatic hydroxyl groups is 1. The summed E-state index contributed by atoms with van der Waals surface area (Å²) in [7, 11) is 0. The molecule has 4 atom stereocenters. The van der Waals surface area contributed by atoms with Crippen molar-refractivity contribution in [3.63, 3.8) is 0 Å². The highest BCUT2D eigenvalue weighted by molar-refractivity contribution is 5.88. The van der Waals surface area contributed by atoms with Crippen LogP contribution in [0.1, 0.15) is 60.3 Å². The van der Waals surface area contributed by atoms with E-state index in [1.165, 1.54) is 12.8 Å². The monoisotopic (exact) mass is 461 g/mol. The van der Waals surface area contributed by atoms with Crippen molar-refractivity contribution < 1.29 is 44.3 Å². The first kappa shape index (κ1) is 28.3. The van der Waals surface area contributed by atoms with E-state index in [0.29, 0.717) is 24.0 Å². The van der Waals surface area contributed by atoms with Crippen LogP contribution in [0.5, 0.6) is 0 Å². The van der Waals surface area contributed by atoms with Crippen molar-refractivity contribution in [3.8, 4) is 0 Å². The second kappa shape index (κ2) is 11.9. The fourth-order valence-corrected chi connectivity index (χ4v) is 4.34. The largest absolute Gasteiger partial charge is 0.481 e. The Morgan fingerprint density at radius 1 is 1.06 bits per heavy atom. The zero-order valence-electron chi connectivity index (χ0n) is 19.7. The lowest BCUT2D eigenvalue weighted by Crippen LogP contribution is -2.42.